The minimum atomic E-state index is 0.0515. The first-order valence-electron chi connectivity index (χ1n) is 6.65. The van der Waals surface area contributed by atoms with Crippen molar-refractivity contribution in [1.29, 1.82) is 0 Å². The Balaban J connectivity index is 1.78. The normalized spacial score (nSPS) is 11.8. The van der Waals surface area contributed by atoms with E-state index in [1.54, 1.807) is 18.3 Å². The number of aromatic nitrogens is 2. The number of nitrogens with one attached hydrogen (secondary N) is 1. The van der Waals surface area contributed by atoms with Crippen molar-refractivity contribution in [2.24, 2.45) is 10.9 Å². The van der Waals surface area contributed by atoms with E-state index in [1.165, 1.54) is 0 Å². The number of oxime groups is 1. The van der Waals surface area contributed by atoms with Gasteiger partial charge in [0.2, 0.25) is 0 Å². The van der Waals surface area contributed by atoms with Crippen LogP contribution in [0.15, 0.2) is 41.8 Å². The maximum Gasteiger partial charge on any atom is 0.170 e. The van der Waals surface area contributed by atoms with Crippen molar-refractivity contribution in [1.82, 2.24) is 15.1 Å². The molecule has 1 aromatic heterocycles. The third-order valence-electron chi connectivity index (χ3n) is 3.07. The average Bonchev–Trinajstić information content (AvgIpc) is 3.00. The molecule has 7 heteroatoms. The van der Waals surface area contributed by atoms with Gasteiger partial charge in [-0.3, -0.25) is 4.68 Å². The molecule has 0 aliphatic rings. The molecule has 0 radical (unpaired) electrons. The largest absolute Gasteiger partial charge is 0.409 e. The number of nitrogens with two attached hydrogens (primary N) is 1. The van der Waals surface area contributed by atoms with Crippen molar-refractivity contribution in [2.45, 2.75) is 19.5 Å². The van der Waals surface area contributed by atoms with Crippen LogP contribution in [0.4, 0.5) is 0 Å². The maximum atomic E-state index is 8.63. The smallest absolute Gasteiger partial charge is 0.170 e. The number of amidine groups is 1. The Morgan fingerprint density at radius 1 is 1.48 bits per heavy atom. The number of aryl methyl sites for hydroxylation is 1. The molecule has 1 heterocycles. The van der Waals surface area contributed by atoms with E-state index in [4.69, 9.17) is 22.5 Å². The van der Waals surface area contributed by atoms with E-state index >= 15 is 0 Å². The van der Waals surface area contributed by atoms with Gasteiger partial charge in [-0.05, 0) is 30.7 Å². The van der Waals surface area contributed by atoms with E-state index in [9.17, 15) is 0 Å². The van der Waals surface area contributed by atoms with Crippen molar-refractivity contribution < 1.29 is 5.21 Å². The fraction of sp³-hybridized carbons (Fsp3) is 0.286. The number of hydrogen-bond acceptors (Lipinski definition) is 4. The molecule has 6 nitrogen and oxygen atoms in total. The summed E-state index contributed by atoms with van der Waals surface area (Å²) in [4.78, 5) is 0. The zero-order valence-corrected chi connectivity index (χ0v) is 12.3. The molecule has 2 rings (SSSR count). The first-order chi connectivity index (χ1) is 10.2. The van der Waals surface area contributed by atoms with Crippen molar-refractivity contribution in [2.75, 3.05) is 6.54 Å². The zero-order valence-electron chi connectivity index (χ0n) is 11.5. The summed E-state index contributed by atoms with van der Waals surface area (Å²) in [6, 6.07) is 7.26. The second kappa shape index (κ2) is 7.66. The second-order valence-electron chi connectivity index (χ2n) is 4.59. The molecule has 0 spiro atoms. The molecule has 0 fully saturated rings. The summed E-state index contributed by atoms with van der Waals surface area (Å²) in [7, 11) is 0. The highest BCUT2D eigenvalue weighted by Gasteiger charge is 2.04. The number of nitrogens with zero attached hydrogens (tertiary/aromatic N) is 3. The van der Waals surface area contributed by atoms with E-state index in [0.29, 0.717) is 17.1 Å². The van der Waals surface area contributed by atoms with Gasteiger partial charge in [0.05, 0.1) is 0 Å². The first-order valence-corrected chi connectivity index (χ1v) is 7.03. The third kappa shape index (κ3) is 4.47. The lowest BCUT2D eigenvalue weighted by Crippen LogP contribution is -2.17. The number of hydrogen-bond donors (Lipinski definition) is 3. The Morgan fingerprint density at radius 2 is 2.33 bits per heavy atom. The zero-order chi connectivity index (χ0) is 15.1. The van der Waals surface area contributed by atoms with Gasteiger partial charge in [0.15, 0.2) is 5.84 Å². The van der Waals surface area contributed by atoms with Crippen LogP contribution < -0.4 is 11.1 Å². The van der Waals surface area contributed by atoms with E-state index in [0.717, 1.165) is 25.1 Å². The van der Waals surface area contributed by atoms with E-state index in [2.05, 4.69) is 15.6 Å². The molecule has 0 unspecified atom stereocenters. The summed E-state index contributed by atoms with van der Waals surface area (Å²) in [6.07, 6.45) is 4.71. The van der Waals surface area contributed by atoms with Gasteiger partial charge in [-0.15, -0.1) is 0 Å². The molecule has 2 aromatic rings. The first kappa shape index (κ1) is 15.3. The summed E-state index contributed by atoms with van der Waals surface area (Å²) < 4.78 is 1.90. The van der Waals surface area contributed by atoms with Gasteiger partial charge in [-0.2, -0.15) is 5.10 Å². The SMILES string of the molecule is N/C(=N/O)c1ccc(CNCCCn2cccn2)c(Cl)c1. The summed E-state index contributed by atoms with van der Waals surface area (Å²) in [5.74, 6) is 0.0515. The number of rotatable bonds is 7. The predicted octanol–water partition coefficient (Wildman–Crippen LogP) is 1.81. The molecule has 0 atom stereocenters. The fourth-order valence-electron chi connectivity index (χ4n) is 1.93. The van der Waals surface area contributed by atoms with Crippen LogP contribution in [-0.2, 0) is 13.1 Å². The number of benzene rings is 1. The van der Waals surface area contributed by atoms with Gasteiger partial charge in [0.1, 0.15) is 0 Å². The van der Waals surface area contributed by atoms with Crippen LogP contribution >= 0.6 is 11.6 Å². The Hall–Kier alpha value is -2.05. The summed E-state index contributed by atoms with van der Waals surface area (Å²) in [5.41, 5.74) is 7.10. The monoisotopic (exact) mass is 307 g/mol. The van der Waals surface area contributed by atoms with Crippen LogP contribution in [0, 0.1) is 0 Å². The molecule has 4 N–H and O–H groups in total. The lowest BCUT2D eigenvalue weighted by atomic mass is 10.1. The molecule has 0 amide bonds. The molecule has 0 saturated heterocycles. The number of halogens is 1. The molecule has 0 bridgehead atoms. The van der Waals surface area contributed by atoms with Gasteiger partial charge < -0.3 is 16.3 Å². The van der Waals surface area contributed by atoms with Gasteiger partial charge in [0, 0.05) is 36.1 Å². The Morgan fingerprint density at radius 3 is 3.00 bits per heavy atom. The standard InChI is InChI=1S/C14H18ClN5O/c15-13-9-11(14(16)19-21)3-4-12(13)10-17-5-1-7-20-8-2-6-18-20/h2-4,6,8-9,17,21H,1,5,7,10H2,(H2,16,19). The highest BCUT2D eigenvalue weighted by atomic mass is 35.5. The van der Waals surface area contributed by atoms with Crippen molar-refractivity contribution in [3.05, 3.63) is 52.8 Å². The lowest BCUT2D eigenvalue weighted by Gasteiger charge is -2.08. The molecule has 112 valence electrons. The van der Waals surface area contributed by atoms with Gasteiger partial charge in [0.25, 0.3) is 0 Å². The van der Waals surface area contributed by atoms with Crippen LogP contribution in [0.3, 0.4) is 0 Å². The molecule has 21 heavy (non-hydrogen) atoms. The second-order valence-corrected chi connectivity index (χ2v) is 5.00. The topological polar surface area (TPSA) is 88.5 Å². The summed E-state index contributed by atoms with van der Waals surface area (Å²) in [5, 5.41) is 19.7. The predicted molar refractivity (Wildman–Crippen MR) is 82.5 cm³/mol. The van der Waals surface area contributed by atoms with Crippen LogP contribution in [0.5, 0.6) is 0 Å². The molecular formula is C14H18ClN5O. The fourth-order valence-corrected chi connectivity index (χ4v) is 2.18. The maximum absolute atomic E-state index is 8.63. The van der Waals surface area contributed by atoms with Gasteiger partial charge in [-0.25, -0.2) is 0 Å². The van der Waals surface area contributed by atoms with E-state index in [1.807, 2.05) is 23.0 Å². The highest BCUT2D eigenvalue weighted by Crippen LogP contribution is 2.17. The molecule has 1 aromatic carbocycles. The van der Waals surface area contributed by atoms with Crippen LogP contribution in [-0.4, -0.2) is 27.4 Å². The quantitative estimate of drug-likeness (QED) is 0.239. The molecule has 0 aliphatic heterocycles. The summed E-state index contributed by atoms with van der Waals surface area (Å²) in [6.45, 7) is 2.43. The Bertz CT molecular complexity index is 597. The van der Waals surface area contributed by atoms with E-state index < -0.39 is 0 Å². The van der Waals surface area contributed by atoms with Crippen LogP contribution in [0.25, 0.3) is 0 Å². The Kier molecular flexibility index (Phi) is 5.59. The molecular weight excluding hydrogens is 290 g/mol. The molecule has 0 saturated carbocycles. The molecule has 0 aliphatic carbocycles. The minimum absolute atomic E-state index is 0.0515. The third-order valence-corrected chi connectivity index (χ3v) is 3.42. The van der Waals surface area contributed by atoms with Crippen molar-refractivity contribution in [3.8, 4) is 0 Å². The highest BCUT2D eigenvalue weighted by molar-refractivity contribution is 6.31. The van der Waals surface area contributed by atoms with Gasteiger partial charge in [-0.1, -0.05) is 28.9 Å². The lowest BCUT2D eigenvalue weighted by molar-refractivity contribution is 0.318. The van der Waals surface area contributed by atoms with Crippen molar-refractivity contribution >= 4 is 17.4 Å². The summed E-state index contributed by atoms with van der Waals surface area (Å²) >= 11 is 6.18. The van der Waals surface area contributed by atoms with E-state index in [-0.39, 0.29) is 5.84 Å². The Labute approximate surface area is 128 Å². The van der Waals surface area contributed by atoms with Crippen LogP contribution in [0.2, 0.25) is 5.02 Å². The average molecular weight is 308 g/mol. The van der Waals surface area contributed by atoms with Crippen LogP contribution in [0.1, 0.15) is 17.5 Å². The van der Waals surface area contributed by atoms with Gasteiger partial charge >= 0.3 is 0 Å². The minimum Gasteiger partial charge on any atom is -0.409 e. The van der Waals surface area contributed by atoms with Crippen molar-refractivity contribution in [3.63, 3.8) is 0 Å².